The Hall–Kier alpha value is -2.72. The van der Waals surface area contributed by atoms with Crippen molar-refractivity contribution >= 4 is 35.3 Å². The number of aromatic amines is 1. The van der Waals surface area contributed by atoms with Crippen molar-refractivity contribution in [2.45, 2.75) is 6.92 Å². The van der Waals surface area contributed by atoms with Crippen LogP contribution in [0.2, 0.25) is 0 Å². The summed E-state index contributed by atoms with van der Waals surface area (Å²) in [5, 5.41) is 2.67. The number of nitrogen functional groups attached to an aromatic ring is 1. The molecule has 0 saturated carbocycles. The highest BCUT2D eigenvalue weighted by atomic mass is 32.1. The predicted octanol–water partition coefficient (Wildman–Crippen LogP) is 2.90. The lowest BCUT2D eigenvalue weighted by Gasteiger charge is -2.08. The number of hydrogen-bond donors (Lipinski definition) is 3. The second-order valence-electron chi connectivity index (χ2n) is 4.02. The molecular weight excluding hydrogens is 274 g/mol. The Morgan fingerprint density at radius 1 is 1.45 bits per heavy atom. The van der Waals surface area contributed by atoms with Crippen molar-refractivity contribution in [1.82, 2.24) is 9.97 Å². The summed E-state index contributed by atoms with van der Waals surface area (Å²) in [6.07, 6.45) is 0. The van der Waals surface area contributed by atoms with E-state index in [4.69, 9.17) is 24.5 Å². The molecule has 6 nitrogen and oxygen atoms in total. The monoisotopic (exact) mass is 285 g/mol. The van der Waals surface area contributed by atoms with Crippen molar-refractivity contribution < 1.29 is 4.79 Å². The van der Waals surface area contributed by atoms with Crippen molar-refractivity contribution in [3.63, 3.8) is 0 Å². The fourth-order valence-electron chi connectivity index (χ4n) is 1.73. The fourth-order valence-corrected chi connectivity index (χ4v) is 1.93. The Morgan fingerprint density at radius 3 is 2.65 bits per heavy atom. The summed E-state index contributed by atoms with van der Waals surface area (Å²) >= 11 is 4.97. The molecule has 2 aromatic rings. The molecule has 1 aromatic heterocycles. The van der Waals surface area contributed by atoms with Crippen LogP contribution >= 0.6 is 12.2 Å². The summed E-state index contributed by atoms with van der Waals surface area (Å²) in [6.45, 7) is 8.61. The third-order valence-corrected chi connectivity index (χ3v) is 2.73. The highest BCUT2D eigenvalue weighted by Gasteiger charge is 2.11. The van der Waals surface area contributed by atoms with Gasteiger partial charge in [-0.25, -0.2) is 9.83 Å². The number of aromatic nitrogens is 2. The molecule has 0 aliphatic heterocycles. The Bertz CT molecular complexity index is 758. The molecule has 0 aliphatic rings. The number of carbonyl (C=O) groups is 1. The van der Waals surface area contributed by atoms with Crippen molar-refractivity contribution in [2.24, 2.45) is 0 Å². The number of nitrogens with one attached hydrogen (secondary N) is 2. The first kappa shape index (κ1) is 13.7. The number of benzene rings is 1. The minimum atomic E-state index is -0.146. The van der Waals surface area contributed by atoms with Crippen molar-refractivity contribution in [3.05, 3.63) is 40.5 Å². The molecule has 7 heteroatoms. The van der Waals surface area contributed by atoms with Gasteiger partial charge in [0.15, 0.2) is 4.77 Å². The summed E-state index contributed by atoms with van der Waals surface area (Å²) in [5.41, 5.74) is 7.86. The molecule has 0 unspecified atom stereocenters. The fraction of sp³-hybridized carbons (Fsp3) is 0.0769. The zero-order chi connectivity index (χ0) is 14.7. The lowest BCUT2D eigenvalue weighted by atomic mass is 10.1. The minimum Gasteiger partial charge on any atom is -0.392 e. The van der Waals surface area contributed by atoms with Crippen LogP contribution in [0.25, 0.3) is 16.1 Å². The molecule has 4 N–H and O–H groups in total. The molecule has 1 heterocycles. The van der Waals surface area contributed by atoms with Crippen LogP contribution in [0.3, 0.4) is 0 Å². The van der Waals surface area contributed by atoms with Gasteiger partial charge in [-0.1, -0.05) is 12.1 Å². The van der Waals surface area contributed by atoms with Crippen LogP contribution in [0.5, 0.6) is 0 Å². The molecule has 1 amide bonds. The third-order valence-electron chi connectivity index (χ3n) is 2.54. The normalized spacial score (nSPS) is 9.80. The van der Waals surface area contributed by atoms with Crippen LogP contribution in [0.4, 0.5) is 17.2 Å². The van der Waals surface area contributed by atoms with Gasteiger partial charge in [-0.2, -0.15) is 0 Å². The summed E-state index contributed by atoms with van der Waals surface area (Å²) in [5.74, 6) is -0.0446. The average molecular weight is 285 g/mol. The number of anilines is 2. The molecule has 100 valence electrons. The van der Waals surface area contributed by atoms with Gasteiger partial charge in [0.05, 0.1) is 12.3 Å². The number of hydrogen-bond acceptors (Lipinski definition) is 4. The van der Waals surface area contributed by atoms with E-state index in [0.29, 0.717) is 11.4 Å². The zero-order valence-corrected chi connectivity index (χ0v) is 11.4. The third kappa shape index (κ3) is 2.81. The van der Waals surface area contributed by atoms with E-state index < -0.39 is 0 Å². The van der Waals surface area contributed by atoms with E-state index in [1.807, 2.05) is 0 Å². The summed E-state index contributed by atoms with van der Waals surface area (Å²) in [6, 6.07) is 7.00. The Kier molecular flexibility index (Phi) is 3.77. The summed E-state index contributed by atoms with van der Waals surface area (Å²) in [7, 11) is 0. The van der Waals surface area contributed by atoms with Gasteiger partial charge in [-0.3, -0.25) is 4.79 Å². The van der Waals surface area contributed by atoms with Crippen molar-refractivity contribution in [1.29, 1.82) is 0 Å². The van der Waals surface area contributed by atoms with Crippen LogP contribution < -0.4 is 11.1 Å². The summed E-state index contributed by atoms with van der Waals surface area (Å²) < 4.78 is 0.218. The van der Waals surface area contributed by atoms with Crippen LogP contribution in [0, 0.1) is 11.3 Å². The average Bonchev–Trinajstić information content (AvgIpc) is 2.38. The number of H-pyrrole nitrogens is 1. The largest absolute Gasteiger partial charge is 0.392 e. The minimum absolute atomic E-state index is 0.102. The second kappa shape index (κ2) is 5.50. The van der Waals surface area contributed by atoms with Gasteiger partial charge >= 0.3 is 0 Å². The number of nitrogens with zero attached hydrogens (tertiary/aromatic N) is 2. The van der Waals surface area contributed by atoms with Gasteiger partial charge in [0.25, 0.3) is 5.69 Å². The first-order valence-electron chi connectivity index (χ1n) is 5.66. The van der Waals surface area contributed by atoms with E-state index >= 15 is 0 Å². The van der Waals surface area contributed by atoms with E-state index in [2.05, 4.69) is 20.1 Å². The van der Waals surface area contributed by atoms with Crippen LogP contribution in [-0.2, 0) is 4.79 Å². The van der Waals surface area contributed by atoms with Gasteiger partial charge in [-0.15, -0.1) is 0 Å². The molecule has 0 spiro atoms. The smallest absolute Gasteiger partial charge is 0.251 e. The standard InChI is InChI=1S/C13H11N5OS/c1-7(19)16-9-5-3-8(4-6-9)10-11(15-2)12(14)18-13(20)17-10/h3-6H,1H3,(H,16,19)(H3,14,17,18,20). The van der Waals surface area contributed by atoms with Crippen molar-refractivity contribution in [3.8, 4) is 11.3 Å². The number of rotatable bonds is 2. The quantitative estimate of drug-likeness (QED) is 0.584. The number of carbonyl (C=O) groups excluding carboxylic acids is 1. The van der Waals surface area contributed by atoms with Gasteiger partial charge in [0.2, 0.25) is 5.91 Å². The molecule has 20 heavy (non-hydrogen) atoms. The first-order valence-corrected chi connectivity index (χ1v) is 6.07. The van der Waals surface area contributed by atoms with Crippen LogP contribution in [0.15, 0.2) is 24.3 Å². The van der Waals surface area contributed by atoms with Crippen LogP contribution in [-0.4, -0.2) is 15.9 Å². The SMILES string of the molecule is [C-]#[N+]c1c(N)nc(=S)[nH]c1-c1ccc(NC(C)=O)cc1. The molecule has 1 aromatic carbocycles. The van der Waals surface area contributed by atoms with Gasteiger partial charge < -0.3 is 16.0 Å². The highest BCUT2D eigenvalue weighted by Crippen LogP contribution is 2.32. The van der Waals surface area contributed by atoms with Gasteiger partial charge in [-0.05, 0) is 29.9 Å². The lowest BCUT2D eigenvalue weighted by molar-refractivity contribution is -0.114. The maximum atomic E-state index is 11.0. The summed E-state index contributed by atoms with van der Waals surface area (Å²) in [4.78, 5) is 21.1. The molecule has 0 fully saturated rings. The van der Waals surface area contributed by atoms with E-state index in [1.165, 1.54) is 6.92 Å². The van der Waals surface area contributed by atoms with Crippen LogP contribution in [0.1, 0.15) is 6.92 Å². The van der Waals surface area contributed by atoms with E-state index in [1.54, 1.807) is 24.3 Å². The Labute approximate surface area is 120 Å². The molecule has 0 aliphatic carbocycles. The van der Waals surface area contributed by atoms with E-state index in [-0.39, 0.29) is 22.2 Å². The lowest BCUT2D eigenvalue weighted by Crippen LogP contribution is -2.05. The highest BCUT2D eigenvalue weighted by molar-refractivity contribution is 7.71. The zero-order valence-electron chi connectivity index (χ0n) is 10.6. The van der Waals surface area contributed by atoms with Crippen molar-refractivity contribution in [2.75, 3.05) is 11.1 Å². The molecule has 2 rings (SSSR count). The van der Waals surface area contributed by atoms with Gasteiger partial charge in [0, 0.05) is 12.6 Å². The second-order valence-corrected chi connectivity index (χ2v) is 4.41. The molecule has 0 saturated heterocycles. The topological polar surface area (TPSA) is 88.2 Å². The first-order chi connectivity index (χ1) is 9.51. The number of amides is 1. The van der Waals surface area contributed by atoms with E-state index in [0.717, 1.165) is 5.56 Å². The molecular formula is C13H11N5OS. The number of nitrogens with two attached hydrogens (primary N) is 1. The predicted molar refractivity (Wildman–Crippen MR) is 79.8 cm³/mol. The maximum absolute atomic E-state index is 11.0. The Balaban J connectivity index is 2.50. The molecule has 0 radical (unpaired) electrons. The van der Waals surface area contributed by atoms with Gasteiger partial charge in [0.1, 0.15) is 5.82 Å². The molecule has 0 bridgehead atoms. The molecule has 0 atom stereocenters. The maximum Gasteiger partial charge on any atom is 0.251 e. The van der Waals surface area contributed by atoms with E-state index in [9.17, 15) is 4.79 Å². The Morgan fingerprint density at radius 2 is 2.10 bits per heavy atom.